The van der Waals surface area contributed by atoms with Gasteiger partial charge in [0.25, 0.3) is 5.91 Å². The van der Waals surface area contributed by atoms with Crippen molar-refractivity contribution in [3.05, 3.63) is 42.2 Å². The van der Waals surface area contributed by atoms with Gasteiger partial charge in [0.2, 0.25) is 0 Å². The van der Waals surface area contributed by atoms with Crippen LogP contribution in [0, 0.1) is 0 Å². The minimum absolute atomic E-state index is 0.0721. The predicted molar refractivity (Wildman–Crippen MR) is 88.1 cm³/mol. The Kier molecular flexibility index (Phi) is 4.62. The van der Waals surface area contributed by atoms with Crippen molar-refractivity contribution < 1.29 is 9.53 Å². The van der Waals surface area contributed by atoms with Crippen LogP contribution in [-0.2, 0) is 0 Å². The summed E-state index contributed by atoms with van der Waals surface area (Å²) < 4.78 is 7.34. The van der Waals surface area contributed by atoms with Crippen LogP contribution in [0.5, 0.6) is 5.75 Å². The van der Waals surface area contributed by atoms with Crippen LogP contribution in [0.2, 0.25) is 0 Å². The first kappa shape index (κ1) is 15.6. The van der Waals surface area contributed by atoms with E-state index in [1.54, 1.807) is 10.9 Å². The molecule has 2 aromatic rings. The first-order valence-corrected chi connectivity index (χ1v) is 8.00. The molecule has 2 heterocycles. The van der Waals surface area contributed by atoms with Gasteiger partial charge in [-0.2, -0.15) is 5.10 Å². The molecule has 1 aromatic carbocycles. The van der Waals surface area contributed by atoms with E-state index in [-0.39, 0.29) is 11.9 Å². The number of para-hydroxylation sites is 1. The van der Waals surface area contributed by atoms with E-state index in [4.69, 9.17) is 4.74 Å². The number of rotatable bonds is 4. The molecule has 1 amide bonds. The molecule has 6 nitrogen and oxygen atoms in total. The summed E-state index contributed by atoms with van der Waals surface area (Å²) in [5, 5.41) is 7.78. The quantitative estimate of drug-likeness (QED) is 0.933. The lowest BCUT2D eigenvalue weighted by Crippen LogP contribution is -2.52. The van der Waals surface area contributed by atoms with Gasteiger partial charge in [-0.1, -0.05) is 18.2 Å². The van der Waals surface area contributed by atoms with E-state index in [2.05, 4.69) is 10.4 Å². The average Bonchev–Trinajstić information content (AvgIpc) is 3.00. The van der Waals surface area contributed by atoms with Gasteiger partial charge in [-0.15, -0.1) is 0 Å². The predicted octanol–water partition coefficient (Wildman–Crippen LogP) is 1.70. The SMILES string of the molecule is CCOc1cn(-c2ccccc2)nc1C(=O)N1CCNC[C@H]1C. The van der Waals surface area contributed by atoms with E-state index < -0.39 is 0 Å². The molecular formula is C17H22N4O2. The number of nitrogens with zero attached hydrogens (tertiary/aromatic N) is 3. The molecule has 0 unspecified atom stereocenters. The first-order valence-electron chi connectivity index (χ1n) is 8.00. The molecule has 1 aliphatic rings. The number of carbonyl (C=O) groups is 1. The fraction of sp³-hybridized carbons (Fsp3) is 0.412. The Morgan fingerprint density at radius 1 is 1.39 bits per heavy atom. The lowest BCUT2D eigenvalue weighted by molar-refractivity contribution is 0.0645. The van der Waals surface area contributed by atoms with Crippen LogP contribution < -0.4 is 10.1 Å². The molecule has 1 saturated heterocycles. The number of amides is 1. The van der Waals surface area contributed by atoms with Gasteiger partial charge in [-0.05, 0) is 26.0 Å². The standard InChI is InChI=1S/C17H22N4O2/c1-3-23-15-12-21(14-7-5-4-6-8-14)19-16(15)17(22)20-10-9-18-11-13(20)2/h4-8,12-13,18H,3,9-11H2,1-2H3/t13-/m1/s1. The maximum atomic E-state index is 12.9. The number of carbonyl (C=O) groups excluding carboxylic acids is 1. The van der Waals surface area contributed by atoms with Crippen LogP contribution in [0.25, 0.3) is 5.69 Å². The molecule has 1 fully saturated rings. The Morgan fingerprint density at radius 3 is 2.87 bits per heavy atom. The molecule has 23 heavy (non-hydrogen) atoms. The summed E-state index contributed by atoms with van der Waals surface area (Å²) in [6.07, 6.45) is 1.78. The van der Waals surface area contributed by atoms with Crippen LogP contribution in [0.3, 0.4) is 0 Å². The molecule has 0 radical (unpaired) electrons. The number of piperazine rings is 1. The zero-order chi connectivity index (χ0) is 16.2. The van der Waals surface area contributed by atoms with Crippen LogP contribution in [0.4, 0.5) is 0 Å². The van der Waals surface area contributed by atoms with E-state index in [1.165, 1.54) is 0 Å². The monoisotopic (exact) mass is 314 g/mol. The molecular weight excluding hydrogens is 292 g/mol. The summed E-state index contributed by atoms with van der Waals surface area (Å²) in [6.45, 7) is 6.73. The molecule has 0 bridgehead atoms. The van der Waals surface area contributed by atoms with Crippen molar-refractivity contribution in [2.45, 2.75) is 19.9 Å². The highest BCUT2D eigenvalue weighted by Crippen LogP contribution is 2.22. The molecule has 1 aliphatic heterocycles. The first-order chi connectivity index (χ1) is 11.2. The van der Waals surface area contributed by atoms with Crippen LogP contribution in [-0.4, -0.2) is 52.9 Å². The largest absolute Gasteiger partial charge is 0.490 e. The third kappa shape index (κ3) is 3.22. The second kappa shape index (κ2) is 6.83. The maximum absolute atomic E-state index is 12.9. The van der Waals surface area contributed by atoms with Crippen molar-refractivity contribution in [1.29, 1.82) is 0 Å². The summed E-state index contributed by atoms with van der Waals surface area (Å²) in [5.74, 6) is 0.462. The third-order valence-electron chi connectivity index (χ3n) is 3.97. The Bertz CT molecular complexity index is 668. The van der Waals surface area contributed by atoms with Gasteiger partial charge in [0.15, 0.2) is 11.4 Å². The fourth-order valence-corrected chi connectivity index (χ4v) is 2.76. The number of aromatic nitrogens is 2. The van der Waals surface area contributed by atoms with Crippen molar-refractivity contribution >= 4 is 5.91 Å². The summed E-state index contributed by atoms with van der Waals surface area (Å²) >= 11 is 0. The Labute approximate surface area is 136 Å². The summed E-state index contributed by atoms with van der Waals surface area (Å²) in [6, 6.07) is 9.88. The molecule has 1 N–H and O–H groups in total. The second-order valence-corrected chi connectivity index (χ2v) is 5.61. The van der Waals surface area contributed by atoms with Crippen molar-refractivity contribution in [3.63, 3.8) is 0 Å². The highest BCUT2D eigenvalue weighted by molar-refractivity contribution is 5.95. The van der Waals surface area contributed by atoms with Gasteiger partial charge in [0.05, 0.1) is 18.5 Å². The summed E-state index contributed by atoms with van der Waals surface area (Å²) in [4.78, 5) is 14.8. The zero-order valence-electron chi connectivity index (χ0n) is 13.5. The number of ether oxygens (including phenoxy) is 1. The zero-order valence-corrected chi connectivity index (χ0v) is 13.5. The molecule has 0 saturated carbocycles. The number of benzene rings is 1. The lowest BCUT2D eigenvalue weighted by Gasteiger charge is -2.33. The van der Waals surface area contributed by atoms with E-state index in [0.29, 0.717) is 24.6 Å². The topological polar surface area (TPSA) is 59.4 Å². The van der Waals surface area contributed by atoms with Crippen molar-refractivity contribution in [2.75, 3.05) is 26.2 Å². The van der Waals surface area contributed by atoms with Crippen molar-refractivity contribution in [1.82, 2.24) is 20.0 Å². The maximum Gasteiger partial charge on any atom is 0.278 e. The van der Waals surface area contributed by atoms with E-state index in [9.17, 15) is 4.79 Å². The van der Waals surface area contributed by atoms with Gasteiger partial charge >= 0.3 is 0 Å². The van der Waals surface area contributed by atoms with Gasteiger partial charge in [0.1, 0.15) is 0 Å². The number of hydrogen-bond acceptors (Lipinski definition) is 4. The minimum atomic E-state index is -0.0721. The third-order valence-corrected chi connectivity index (χ3v) is 3.97. The summed E-state index contributed by atoms with van der Waals surface area (Å²) in [7, 11) is 0. The molecule has 0 spiro atoms. The molecule has 122 valence electrons. The number of hydrogen-bond donors (Lipinski definition) is 1. The minimum Gasteiger partial charge on any atom is -0.490 e. The van der Waals surface area contributed by atoms with E-state index in [0.717, 1.165) is 18.8 Å². The van der Waals surface area contributed by atoms with Crippen LogP contribution >= 0.6 is 0 Å². The number of nitrogens with one attached hydrogen (secondary N) is 1. The average molecular weight is 314 g/mol. The van der Waals surface area contributed by atoms with E-state index in [1.807, 2.05) is 49.1 Å². The molecule has 6 heteroatoms. The smallest absolute Gasteiger partial charge is 0.278 e. The van der Waals surface area contributed by atoms with Crippen molar-refractivity contribution in [3.8, 4) is 11.4 Å². The van der Waals surface area contributed by atoms with Gasteiger partial charge in [-0.25, -0.2) is 4.68 Å². The Hall–Kier alpha value is -2.34. The normalized spacial score (nSPS) is 18.0. The van der Waals surface area contributed by atoms with Gasteiger partial charge in [0, 0.05) is 25.7 Å². The Balaban J connectivity index is 1.93. The van der Waals surface area contributed by atoms with Gasteiger partial charge in [-0.3, -0.25) is 4.79 Å². The second-order valence-electron chi connectivity index (χ2n) is 5.61. The lowest BCUT2D eigenvalue weighted by atomic mass is 10.2. The van der Waals surface area contributed by atoms with Gasteiger partial charge < -0.3 is 15.0 Å². The Morgan fingerprint density at radius 2 is 2.17 bits per heavy atom. The summed E-state index contributed by atoms with van der Waals surface area (Å²) in [5.41, 5.74) is 1.28. The van der Waals surface area contributed by atoms with Crippen LogP contribution in [0.1, 0.15) is 24.3 Å². The van der Waals surface area contributed by atoms with Crippen molar-refractivity contribution in [2.24, 2.45) is 0 Å². The molecule has 1 aromatic heterocycles. The highest BCUT2D eigenvalue weighted by atomic mass is 16.5. The van der Waals surface area contributed by atoms with Crippen LogP contribution in [0.15, 0.2) is 36.5 Å². The highest BCUT2D eigenvalue weighted by Gasteiger charge is 2.29. The molecule has 3 rings (SSSR count). The van der Waals surface area contributed by atoms with E-state index >= 15 is 0 Å². The molecule has 1 atom stereocenters. The fourth-order valence-electron chi connectivity index (χ4n) is 2.76. The molecule has 0 aliphatic carbocycles.